The van der Waals surface area contributed by atoms with Gasteiger partial charge in [-0.25, -0.2) is 15.0 Å². The van der Waals surface area contributed by atoms with Crippen molar-refractivity contribution in [3.8, 4) is 78.7 Å². The van der Waals surface area contributed by atoms with Crippen molar-refractivity contribution in [1.82, 2.24) is 15.0 Å². The van der Waals surface area contributed by atoms with E-state index in [0.717, 1.165) is 72.0 Å². The molecule has 0 bridgehead atoms. The van der Waals surface area contributed by atoms with Gasteiger partial charge < -0.3 is 4.42 Å². The number of aromatic nitrogens is 3. The van der Waals surface area contributed by atoms with Crippen molar-refractivity contribution in [2.24, 2.45) is 0 Å². The van der Waals surface area contributed by atoms with Crippen LogP contribution in [0.25, 0.3) is 101 Å². The zero-order chi connectivity index (χ0) is 36.6. The summed E-state index contributed by atoms with van der Waals surface area (Å²) >= 11 is 0. The van der Waals surface area contributed by atoms with Crippen LogP contribution in [-0.4, -0.2) is 15.0 Å². The first-order chi connectivity index (χ1) is 27.2. The molecule has 0 amide bonds. The average molecular weight is 704 g/mol. The van der Waals surface area contributed by atoms with Crippen molar-refractivity contribution in [3.63, 3.8) is 0 Å². The van der Waals surface area contributed by atoms with Crippen LogP contribution in [0.5, 0.6) is 0 Å². The number of benzene rings is 8. The molecular weight excluding hydrogens is 671 g/mol. The van der Waals surface area contributed by atoms with Crippen LogP contribution in [0.3, 0.4) is 0 Å². The Balaban J connectivity index is 1.02. The fourth-order valence-electron chi connectivity index (χ4n) is 7.27. The molecule has 0 spiro atoms. The van der Waals surface area contributed by atoms with Crippen LogP contribution in [0.15, 0.2) is 205 Å². The smallest absolute Gasteiger partial charge is 0.164 e. The molecule has 8 aromatic carbocycles. The Morgan fingerprint density at radius 3 is 1.16 bits per heavy atom. The van der Waals surface area contributed by atoms with E-state index in [1.165, 1.54) is 11.1 Å². The monoisotopic (exact) mass is 703 g/mol. The summed E-state index contributed by atoms with van der Waals surface area (Å²) in [6.07, 6.45) is 0. The topological polar surface area (TPSA) is 51.8 Å². The van der Waals surface area contributed by atoms with Crippen LogP contribution >= 0.6 is 0 Å². The van der Waals surface area contributed by atoms with Crippen molar-refractivity contribution in [2.75, 3.05) is 0 Å². The van der Waals surface area contributed by atoms with Crippen molar-refractivity contribution in [3.05, 3.63) is 200 Å². The molecule has 0 saturated carbocycles. The van der Waals surface area contributed by atoms with Gasteiger partial charge in [-0.05, 0) is 74.8 Å². The van der Waals surface area contributed by atoms with Gasteiger partial charge in [0.15, 0.2) is 17.5 Å². The molecule has 0 aliphatic carbocycles. The number of nitrogens with zero attached hydrogens (tertiary/aromatic N) is 3. The third kappa shape index (κ3) is 6.36. The number of furan rings is 1. The van der Waals surface area contributed by atoms with Crippen LogP contribution in [0.1, 0.15) is 0 Å². The Morgan fingerprint density at radius 1 is 0.236 bits per heavy atom. The predicted octanol–water partition coefficient (Wildman–Crippen LogP) is 13.4. The molecule has 0 fully saturated rings. The van der Waals surface area contributed by atoms with Gasteiger partial charge in [0.25, 0.3) is 0 Å². The summed E-state index contributed by atoms with van der Waals surface area (Å²) in [6, 6.07) is 69.4. The Kier molecular flexibility index (Phi) is 8.12. The Hall–Kier alpha value is -7.43. The van der Waals surface area contributed by atoms with Crippen LogP contribution in [0, 0.1) is 0 Å². The van der Waals surface area contributed by atoms with E-state index < -0.39 is 0 Å². The fourth-order valence-corrected chi connectivity index (χ4v) is 7.27. The molecule has 0 N–H and O–H groups in total. The molecule has 4 heteroatoms. The Labute approximate surface area is 319 Å². The third-order valence-corrected chi connectivity index (χ3v) is 10.2. The lowest BCUT2D eigenvalue weighted by molar-refractivity contribution is 0.669. The highest BCUT2D eigenvalue weighted by Gasteiger charge is 2.15. The maximum Gasteiger partial charge on any atom is 0.164 e. The van der Waals surface area contributed by atoms with Gasteiger partial charge in [-0.2, -0.15) is 0 Å². The normalized spacial score (nSPS) is 11.3. The molecular formula is C51H33N3O. The van der Waals surface area contributed by atoms with E-state index in [0.29, 0.717) is 17.5 Å². The molecule has 2 aromatic heterocycles. The van der Waals surface area contributed by atoms with Gasteiger partial charge in [0.2, 0.25) is 0 Å². The van der Waals surface area contributed by atoms with E-state index in [-0.39, 0.29) is 0 Å². The van der Waals surface area contributed by atoms with Gasteiger partial charge in [-0.1, -0.05) is 170 Å². The van der Waals surface area contributed by atoms with E-state index in [1.807, 2.05) is 30.3 Å². The first-order valence-electron chi connectivity index (χ1n) is 18.4. The number of para-hydroxylation sites is 1. The average Bonchev–Trinajstić information content (AvgIpc) is 3.65. The third-order valence-electron chi connectivity index (χ3n) is 10.2. The predicted molar refractivity (Wildman–Crippen MR) is 225 cm³/mol. The SMILES string of the molecule is c1ccc(-c2cccc(-c3ccc(-c4nc(-c5ccc(-c6ccc7c(c6)oc6ccccc67)cc5)nc(-c5cccc(-c6ccccc6)c5)n4)cc3)c2)cc1. The van der Waals surface area contributed by atoms with Crippen molar-refractivity contribution < 1.29 is 4.42 Å². The largest absolute Gasteiger partial charge is 0.456 e. The zero-order valence-electron chi connectivity index (χ0n) is 29.8. The van der Waals surface area contributed by atoms with Gasteiger partial charge in [-0.3, -0.25) is 0 Å². The second-order valence-corrected chi connectivity index (χ2v) is 13.7. The molecule has 4 nitrogen and oxygen atoms in total. The van der Waals surface area contributed by atoms with E-state index in [2.05, 4.69) is 170 Å². The first kappa shape index (κ1) is 32.2. The summed E-state index contributed by atoms with van der Waals surface area (Å²) in [5, 5.41) is 2.24. The van der Waals surface area contributed by atoms with Crippen molar-refractivity contribution in [2.45, 2.75) is 0 Å². The van der Waals surface area contributed by atoms with Gasteiger partial charge in [0.1, 0.15) is 11.2 Å². The lowest BCUT2D eigenvalue weighted by Crippen LogP contribution is -2.00. The highest BCUT2D eigenvalue weighted by Crippen LogP contribution is 2.34. The van der Waals surface area contributed by atoms with E-state index >= 15 is 0 Å². The molecule has 0 radical (unpaired) electrons. The quantitative estimate of drug-likeness (QED) is 0.166. The molecule has 10 rings (SSSR count). The summed E-state index contributed by atoms with van der Waals surface area (Å²) in [5.41, 5.74) is 13.6. The van der Waals surface area contributed by atoms with E-state index in [9.17, 15) is 0 Å². The minimum atomic E-state index is 0.615. The number of rotatable bonds is 7. The van der Waals surface area contributed by atoms with Gasteiger partial charge in [0, 0.05) is 27.5 Å². The number of hydrogen-bond acceptors (Lipinski definition) is 4. The molecule has 55 heavy (non-hydrogen) atoms. The Bertz CT molecular complexity index is 2950. The maximum absolute atomic E-state index is 6.18. The fraction of sp³-hybridized carbons (Fsp3) is 0. The minimum Gasteiger partial charge on any atom is -0.456 e. The standard InChI is InChI=1S/C51H33N3O/c1-3-11-34(12-4-1)40-15-9-16-41(31-40)36-21-25-38(26-22-36)49-52-50(54-51(53-49)44-18-10-17-42(32-44)35-13-5-2-6-14-35)39-27-23-37(24-28-39)43-29-30-46-45-19-7-8-20-47(45)55-48(46)33-43/h1-33H. The molecule has 258 valence electrons. The van der Waals surface area contributed by atoms with Crippen LogP contribution in [0.4, 0.5) is 0 Å². The van der Waals surface area contributed by atoms with Crippen LogP contribution < -0.4 is 0 Å². The lowest BCUT2D eigenvalue weighted by atomic mass is 9.98. The second kappa shape index (κ2) is 13.8. The summed E-state index contributed by atoms with van der Waals surface area (Å²) in [4.78, 5) is 15.2. The van der Waals surface area contributed by atoms with Crippen molar-refractivity contribution in [1.29, 1.82) is 0 Å². The molecule has 2 heterocycles. The molecule has 0 aliphatic heterocycles. The maximum atomic E-state index is 6.18. The lowest BCUT2D eigenvalue weighted by Gasteiger charge is -2.11. The Morgan fingerprint density at radius 2 is 0.600 bits per heavy atom. The van der Waals surface area contributed by atoms with Gasteiger partial charge >= 0.3 is 0 Å². The minimum absolute atomic E-state index is 0.615. The number of hydrogen-bond donors (Lipinski definition) is 0. The highest BCUT2D eigenvalue weighted by molar-refractivity contribution is 6.05. The van der Waals surface area contributed by atoms with Gasteiger partial charge in [0.05, 0.1) is 0 Å². The molecule has 0 aliphatic rings. The summed E-state index contributed by atoms with van der Waals surface area (Å²) < 4.78 is 6.18. The summed E-state index contributed by atoms with van der Waals surface area (Å²) in [6.45, 7) is 0. The van der Waals surface area contributed by atoms with Crippen molar-refractivity contribution >= 4 is 21.9 Å². The number of fused-ring (bicyclic) bond motifs is 3. The van der Waals surface area contributed by atoms with Gasteiger partial charge in [-0.15, -0.1) is 0 Å². The van der Waals surface area contributed by atoms with Crippen LogP contribution in [-0.2, 0) is 0 Å². The molecule has 10 aromatic rings. The van der Waals surface area contributed by atoms with Crippen LogP contribution in [0.2, 0.25) is 0 Å². The summed E-state index contributed by atoms with van der Waals surface area (Å²) in [7, 11) is 0. The second-order valence-electron chi connectivity index (χ2n) is 13.7. The first-order valence-corrected chi connectivity index (χ1v) is 18.4. The van der Waals surface area contributed by atoms with E-state index in [1.54, 1.807) is 0 Å². The van der Waals surface area contributed by atoms with E-state index in [4.69, 9.17) is 19.4 Å². The molecule has 0 unspecified atom stereocenters. The molecule has 0 saturated heterocycles. The molecule has 0 atom stereocenters. The highest BCUT2D eigenvalue weighted by atomic mass is 16.3. The zero-order valence-corrected chi connectivity index (χ0v) is 29.8. The summed E-state index contributed by atoms with van der Waals surface area (Å²) in [5.74, 6) is 1.86.